The lowest BCUT2D eigenvalue weighted by molar-refractivity contribution is 0.114. The van der Waals surface area contributed by atoms with Gasteiger partial charge in [0.1, 0.15) is 6.10 Å². The van der Waals surface area contributed by atoms with Crippen LogP contribution in [0.3, 0.4) is 0 Å². The molecule has 5 nitrogen and oxygen atoms in total. The Labute approximate surface area is 132 Å². The van der Waals surface area contributed by atoms with Crippen molar-refractivity contribution in [1.82, 2.24) is 9.88 Å². The van der Waals surface area contributed by atoms with E-state index >= 15 is 0 Å². The van der Waals surface area contributed by atoms with Crippen LogP contribution in [0.15, 0.2) is 23.3 Å². The van der Waals surface area contributed by atoms with Gasteiger partial charge in [-0.3, -0.25) is 0 Å². The van der Waals surface area contributed by atoms with E-state index in [0.29, 0.717) is 24.5 Å². The summed E-state index contributed by atoms with van der Waals surface area (Å²) in [5.74, 6) is 1.38. The number of pyridine rings is 1. The fourth-order valence-electron chi connectivity index (χ4n) is 2.84. The van der Waals surface area contributed by atoms with Gasteiger partial charge in [-0.15, -0.1) is 0 Å². The molecule has 1 aliphatic carbocycles. The number of hydrogen-bond acceptors (Lipinski definition) is 3. The average Bonchev–Trinajstić information content (AvgIpc) is 2.78. The van der Waals surface area contributed by atoms with Gasteiger partial charge in [0.05, 0.1) is 6.54 Å². The van der Waals surface area contributed by atoms with Crippen LogP contribution in [0.2, 0.25) is 0 Å². The van der Waals surface area contributed by atoms with Gasteiger partial charge in [-0.2, -0.15) is 0 Å². The Balaban J connectivity index is 1.57. The van der Waals surface area contributed by atoms with Crippen LogP contribution in [-0.4, -0.2) is 35.0 Å². The van der Waals surface area contributed by atoms with E-state index in [2.05, 4.69) is 14.9 Å². The maximum absolute atomic E-state index is 6.14. The van der Waals surface area contributed by atoms with Gasteiger partial charge in [-0.05, 0) is 43.7 Å². The van der Waals surface area contributed by atoms with Crippen LogP contribution >= 0.6 is 0 Å². The smallest absolute Gasteiger partial charge is 0.213 e. The van der Waals surface area contributed by atoms with Crippen LogP contribution in [0.4, 0.5) is 0 Å². The number of likely N-dealkylation sites (tertiary alicyclic amines) is 1. The summed E-state index contributed by atoms with van der Waals surface area (Å²) in [4.78, 5) is 11.0. The number of ether oxygens (including phenoxy) is 1. The number of guanidine groups is 1. The highest BCUT2D eigenvalue weighted by Crippen LogP contribution is 2.24. The van der Waals surface area contributed by atoms with E-state index in [9.17, 15) is 0 Å². The molecular formula is C17H26N4O. The Morgan fingerprint density at radius 1 is 1.23 bits per heavy atom. The van der Waals surface area contributed by atoms with Gasteiger partial charge in [0.2, 0.25) is 5.88 Å². The third-order valence-electron chi connectivity index (χ3n) is 4.49. The molecule has 2 fully saturated rings. The van der Waals surface area contributed by atoms with Crippen LogP contribution in [0.5, 0.6) is 5.88 Å². The molecule has 22 heavy (non-hydrogen) atoms. The van der Waals surface area contributed by atoms with Crippen LogP contribution in [0.25, 0.3) is 0 Å². The van der Waals surface area contributed by atoms with Crippen LogP contribution in [0, 0.1) is 0 Å². The van der Waals surface area contributed by atoms with E-state index < -0.39 is 0 Å². The van der Waals surface area contributed by atoms with E-state index in [1.165, 1.54) is 32.1 Å². The highest BCUT2D eigenvalue weighted by Gasteiger charge is 2.19. The molecule has 1 aromatic rings. The molecule has 1 saturated carbocycles. The molecule has 3 rings (SSSR count). The average molecular weight is 302 g/mol. The topological polar surface area (TPSA) is 63.7 Å². The highest BCUT2D eigenvalue weighted by atomic mass is 16.5. The molecule has 0 radical (unpaired) electrons. The van der Waals surface area contributed by atoms with Gasteiger partial charge in [0, 0.05) is 25.4 Å². The zero-order chi connectivity index (χ0) is 15.2. The second-order valence-corrected chi connectivity index (χ2v) is 6.25. The minimum Gasteiger partial charge on any atom is -0.474 e. The summed E-state index contributed by atoms with van der Waals surface area (Å²) >= 11 is 0. The summed E-state index contributed by atoms with van der Waals surface area (Å²) in [6.07, 6.45) is 10.7. The zero-order valence-electron chi connectivity index (χ0n) is 13.2. The van der Waals surface area contributed by atoms with Crippen molar-refractivity contribution in [2.45, 2.75) is 57.6 Å². The molecule has 2 N–H and O–H groups in total. The third-order valence-corrected chi connectivity index (χ3v) is 4.49. The largest absolute Gasteiger partial charge is 0.474 e. The van der Waals surface area contributed by atoms with Gasteiger partial charge in [0.15, 0.2) is 5.96 Å². The Morgan fingerprint density at radius 2 is 2.00 bits per heavy atom. The van der Waals surface area contributed by atoms with Gasteiger partial charge < -0.3 is 15.4 Å². The summed E-state index contributed by atoms with van der Waals surface area (Å²) in [7, 11) is 0. The van der Waals surface area contributed by atoms with Crippen molar-refractivity contribution >= 4 is 5.96 Å². The van der Waals surface area contributed by atoms with Gasteiger partial charge in [-0.1, -0.05) is 12.8 Å². The van der Waals surface area contributed by atoms with Gasteiger partial charge >= 0.3 is 0 Å². The van der Waals surface area contributed by atoms with E-state index in [1.54, 1.807) is 6.20 Å². The monoisotopic (exact) mass is 302 g/mol. The molecule has 0 aromatic carbocycles. The van der Waals surface area contributed by atoms with E-state index in [-0.39, 0.29) is 0 Å². The predicted molar refractivity (Wildman–Crippen MR) is 87.9 cm³/mol. The first-order valence-corrected chi connectivity index (χ1v) is 8.48. The summed E-state index contributed by atoms with van der Waals surface area (Å²) in [6, 6.07) is 3.96. The predicted octanol–water partition coefficient (Wildman–Crippen LogP) is 2.70. The molecule has 0 amide bonds. The molecule has 120 valence electrons. The standard InChI is InChI=1S/C17H26N4O/c18-17(21-10-3-1-2-4-11-21)20-13-14-8-9-19-16(12-14)22-15-6-5-7-15/h8-9,12,15H,1-7,10-11,13H2,(H2,18,20). The Hall–Kier alpha value is -1.78. The van der Waals surface area contributed by atoms with E-state index in [4.69, 9.17) is 10.5 Å². The zero-order valence-corrected chi connectivity index (χ0v) is 13.2. The number of nitrogens with two attached hydrogens (primary N) is 1. The first-order chi connectivity index (χ1) is 10.8. The first kappa shape index (κ1) is 15.1. The van der Waals surface area contributed by atoms with Crippen LogP contribution in [-0.2, 0) is 6.54 Å². The van der Waals surface area contributed by atoms with E-state index in [0.717, 1.165) is 31.5 Å². The van der Waals surface area contributed by atoms with Crippen molar-refractivity contribution in [3.63, 3.8) is 0 Å². The highest BCUT2D eigenvalue weighted by molar-refractivity contribution is 5.78. The summed E-state index contributed by atoms with van der Waals surface area (Å²) < 4.78 is 5.83. The van der Waals surface area contributed by atoms with Gasteiger partial charge in [-0.25, -0.2) is 9.98 Å². The van der Waals surface area contributed by atoms with Crippen molar-refractivity contribution in [2.75, 3.05) is 13.1 Å². The Bertz CT molecular complexity index is 505. The summed E-state index contributed by atoms with van der Waals surface area (Å²) in [6.45, 7) is 2.65. The lowest BCUT2D eigenvalue weighted by atomic mass is 9.96. The molecular weight excluding hydrogens is 276 g/mol. The molecule has 5 heteroatoms. The van der Waals surface area contributed by atoms with Crippen molar-refractivity contribution in [2.24, 2.45) is 10.7 Å². The van der Waals surface area contributed by atoms with Crippen molar-refractivity contribution < 1.29 is 4.74 Å². The van der Waals surface area contributed by atoms with Crippen LogP contribution in [0.1, 0.15) is 50.5 Å². The Kier molecular flexibility index (Phi) is 5.14. The van der Waals surface area contributed by atoms with Crippen molar-refractivity contribution in [3.8, 4) is 5.88 Å². The molecule has 2 aliphatic rings. The van der Waals surface area contributed by atoms with Gasteiger partial charge in [0.25, 0.3) is 0 Å². The number of aromatic nitrogens is 1. The molecule has 0 spiro atoms. The maximum atomic E-state index is 6.14. The van der Waals surface area contributed by atoms with Crippen molar-refractivity contribution in [1.29, 1.82) is 0 Å². The molecule has 2 heterocycles. The molecule has 1 saturated heterocycles. The van der Waals surface area contributed by atoms with E-state index in [1.807, 2.05) is 12.1 Å². The number of rotatable bonds is 4. The fourth-order valence-corrected chi connectivity index (χ4v) is 2.84. The minimum absolute atomic E-state index is 0.355. The fraction of sp³-hybridized carbons (Fsp3) is 0.647. The number of nitrogens with zero attached hydrogens (tertiary/aromatic N) is 3. The first-order valence-electron chi connectivity index (χ1n) is 8.48. The third kappa shape index (κ3) is 4.12. The van der Waals surface area contributed by atoms with Crippen LogP contribution < -0.4 is 10.5 Å². The second-order valence-electron chi connectivity index (χ2n) is 6.25. The van der Waals surface area contributed by atoms with Crippen molar-refractivity contribution in [3.05, 3.63) is 23.9 Å². The lowest BCUT2D eigenvalue weighted by Gasteiger charge is -2.25. The minimum atomic E-state index is 0.355. The molecule has 1 aromatic heterocycles. The maximum Gasteiger partial charge on any atom is 0.213 e. The summed E-state index contributed by atoms with van der Waals surface area (Å²) in [5, 5.41) is 0. The number of aliphatic imine (C=N–C) groups is 1. The Morgan fingerprint density at radius 3 is 2.68 bits per heavy atom. The number of hydrogen-bond donors (Lipinski definition) is 1. The lowest BCUT2D eigenvalue weighted by Crippen LogP contribution is -2.38. The molecule has 0 bridgehead atoms. The normalized spacial score (nSPS) is 20.4. The second kappa shape index (κ2) is 7.47. The quantitative estimate of drug-likeness (QED) is 0.686. The SMILES string of the molecule is NC(=NCc1ccnc(OC2CCC2)c1)N1CCCCCC1. The molecule has 0 unspecified atom stereocenters. The summed E-state index contributed by atoms with van der Waals surface area (Å²) in [5.41, 5.74) is 7.24. The molecule has 1 aliphatic heterocycles. The molecule has 0 atom stereocenters.